The van der Waals surface area contributed by atoms with Crippen LogP contribution in [0.3, 0.4) is 0 Å². The first-order chi connectivity index (χ1) is 11.7. The van der Waals surface area contributed by atoms with Crippen molar-refractivity contribution in [3.63, 3.8) is 0 Å². The highest BCUT2D eigenvalue weighted by Crippen LogP contribution is 2.22. The van der Waals surface area contributed by atoms with Gasteiger partial charge in [0.05, 0.1) is 0 Å². The Labute approximate surface area is 152 Å². The van der Waals surface area contributed by atoms with Crippen molar-refractivity contribution in [1.29, 1.82) is 0 Å². The minimum atomic E-state index is 0.485. The molecule has 0 saturated carbocycles. The van der Waals surface area contributed by atoms with Crippen molar-refractivity contribution in [1.82, 2.24) is 0 Å². The lowest BCUT2D eigenvalue weighted by Crippen LogP contribution is -2.03. The van der Waals surface area contributed by atoms with Crippen LogP contribution in [0, 0.1) is 0 Å². The van der Waals surface area contributed by atoms with E-state index in [2.05, 4.69) is 11.4 Å². The van der Waals surface area contributed by atoms with E-state index in [9.17, 15) is 0 Å². The average Bonchev–Trinajstić information content (AvgIpc) is 2.60. The summed E-state index contributed by atoms with van der Waals surface area (Å²) in [5, 5.41) is 4.82. The van der Waals surface area contributed by atoms with Gasteiger partial charge in [-0.25, -0.2) is 0 Å². The molecule has 0 unspecified atom stereocenters. The molecule has 0 saturated heterocycles. The Morgan fingerprint density at radius 1 is 0.792 bits per heavy atom. The van der Waals surface area contributed by atoms with E-state index in [1.807, 2.05) is 66.7 Å². The maximum absolute atomic E-state index is 6.01. The van der Waals surface area contributed by atoms with Gasteiger partial charge in [0.2, 0.25) is 0 Å². The van der Waals surface area contributed by atoms with E-state index in [0.717, 1.165) is 27.6 Å². The highest BCUT2D eigenvalue weighted by atomic mass is 35.5. The normalized spacial score (nSPS) is 10.4. The van der Waals surface area contributed by atoms with Crippen LogP contribution in [-0.2, 0) is 13.2 Å². The van der Waals surface area contributed by atoms with E-state index in [0.29, 0.717) is 18.2 Å². The van der Waals surface area contributed by atoms with Crippen LogP contribution in [0.4, 0.5) is 5.69 Å². The summed E-state index contributed by atoms with van der Waals surface area (Å²) in [6.45, 7) is 1.16. The first-order valence-corrected chi connectivity index (χ1v) is 8.41. The van der Waals surface area contributed by atoms with Gasteiger partial charge in [-0.1, -0.05) is 53.5 Å². The number of rotatable bonds is 6. The van der Waals surface area contributed by atoms with Gasteiger partial charge in [-0.3, -0.25) is 0 Å². The molecular weight excluding hydrogens is 341 g/mol. The fraction of sp³-hybridized carbons (Fsp3) is 0.100. The molecule has 0 amide bonds. The van der Waals surface area contributed by atoms with E-state index >= 15 is 0 Å². The zero-order chi connectivity index (χ0) is 16.8. The van der Waals surface area contributed by atoms with Crippen LogP contribution in [0.5, 0.6) is 5.75 Å². The molecule has 3 aromatic rings. The summed E-state index contributed by atoms with van der Waals surface area (Å²) in [6.07, 6.45) is 0. The van der Waals surface area contributed by atoms with Crippen LogP contribution in [-0.4, -0.2) is 0 Å². The van der Waals surface area contributed by atoms with Gasteiger partial charge < -0.3 is 10.1 Å². The third-order valence-electron chi connectivity index (χ3n) is 3.58. The van der Waals surface area contributed by atoms with Crippen molar-refractivity contribution < 1.29 is 4.74 Å². The Bertz CT molecular complexity index is 803. The number of ether oxygens (including phenoxy) is 1. The number of para-hydroxylation sites is 1. The van der Waals surface area contributed by atoms with Crippen molar-refractivity contribution in [3.05, 3.63) is 94.0 Å². The number of hydrogen-bond donors (Lipinski definition) is 1. The third-order valence-corrected chi connectivity index (χ3v) is 4.07. The minimum absolute atomic E-state index is 0.485. The molecule has 4 heteroatoms. The zero-order valence-electron chi connectivity index (χ0n) is 13.0. The van der Waals surface area contributed by atoms with E-state index < -0.39 is 0 Å². The standard InChI is InChI=1S/C20H17Cl2NO/c21-17-8-10-19(11-9-17)23-13-16-5-1-2-7-20(16)24-14-15-4-3-6-18(22)12-15/h1-12,23H,13-14H2. The summed E-state index contributed by atoms with van der Waals surface area (Å²) < 4.78 is 5.97. The van der Waals surface area contributed by atoms with Gasteiger partial charge >= 0.3 is 0 Å². The van der Waals surface area contributed by atoms with Crippen molar-refractivity contribution in [2.75, 3.05) is 5.32 Å². The fourth-order valence-electron chi connectivity index (χ4n) is 2.34. The second-order valence-corrected chi connectivity index (χ2v) is 6.26. The molecule has 2 nitrogen and oxygen atoms in total. The van der Waals surface area contributed by atoms with Gasteiger partial charge in [-0.05, 0) is 48.0 Å². The number of anilines is 1. The molecule has 0 radical (unpaired) electrons. The summed E-state index contributed by atoms with van der Waals surface area (Å²) >= 11 is 11.9. The molecular formula is C20H17Cl2NO. The third kappa shape index (κ3) is 4.67. The predicted octanol–water partition coefficient (Wildman–Crippen LogP) is 6.18. The maximum atomic E-state index is 6.01. The molecule has 122 valence electrons. The quantitative estimate of drug-likeness (QED) is 0.568. The summed E-state index contributed by atoms with van der Waals surface area (Å²) in [7, 11) is 0. The maximum Gasteiger partial charge on any atom is 0.124 e. The van der Waals surface area contributed by atoms with Crippen molar-refractivity contribution in [3.8, 4) is 5.75 Å². The Balaban J connectivity index is 1.65. The molecule has 0 aromatic heterocycles. The van der Waals surface area contributed by atoms with Crippen LogP contribution in [0.2, 0.25) is 10.0 Å². The molecule has 0 heterocycles. The number of halogens is 2. The molecule has 3 aromatic carbocycles. The molecule has 0 spiro atoms. The summed E-state index contributed by atoms with van der Waals surface area (Å²) in [5.74, 6) is 0.860. The number of nitrogens with one attached hydrogen (secondary N) is 1. The Morgan fingerprint density at radius 2 is 1.58 bits per heavy atom. The SMILES string of the molecule is Clc1ccc(NCc2ccccc2OCc2cccc(Cl)c2)cc1. The van der Waals surface area contributed by atoms with Gasteiger partial charge in [0.15, 0.2) is 0 Å². The molecule has 0 fully saturated rings. The van der Waals surface area contributed by atoms with Crippen LogP contribution in [0.25, 0.3) is 0 Å². The van der Waals surface area contributed by atoms with Crippen LogP contribution >= 0.6 is 23.2 Å². The van der Waals surface area contributed by atoms with Crippen LogP contribution in [0.1, 0.15) is 11.1 Å². The largest absolute Gasteiger partial charge is 0.489 e. The first kappa shape index (κ1) is 16.7. The first-order valence-electron chi connectivity index (χ1n) is 7.65. The molecule has 1 N–H and O–H groups in total. The lowest BCUT2D eigenvalue weighted by molar-refractivity contribution is 0.303. The molecule has 0 aliphatic carbocycles. The molecule has 0 aliphatic rings. The topological polar surface area (TPSA) is 21.3 Å². The van der Waals surface area contributed by atoms with Gasteiger partial charge in [0.1, 0.15) is 12.4 Å². The van der Waals surface area contributed by atoms with Gasteiger partial charge in [0.25, 0.3) is 0 Å². The van der Waals surface area contributed by atoms with E-state index in [1.165, 1.54) is 0 Å². The Morgan fingerprint density at radius 3 is 2.38 bits per heavy atom. The summed E-state index contributed by atoms with van der Waals surface area (Å²) in [4.78, 5) is 0. The predicted molar refractivity (Wildman–Crippen MR) is 101 cm³/mol. The monoisotopic (exact) mass is 357 g/mol. The second-order valence-electron chi connectivity index (χ2n) is 5.39. The number of hydrogen-bond acceptors (Lipinski definition) is 2. The molecule has 3 rings (SSSR count). The van der Waals surface area contributed by atoms with Crippen molar-refractivity contribution in [2.24, 2.45) is 0 Å². The van der Waals surface area contributed by atoms with E-state index in [-0.39, 0.29) is 0 Å². The highest BCUT2D eigenvalue weighted by molar-refractivity contribution is 6.30. The van der Waals surface area contributed by atoms with Crippen LogP contribution < -0.4 is 10.1 Å². The van der Waals surface area contributed by atoms with Gasteiger partial charge in [-0.2, -0.15) is 0 Å². The lowest BCUT2D eigenvalue weighted by atomic mass is 10.2. The fourth-order valence-corrected chi connectivity index (χ4v) is 2.68. The van der Waals surface area contributed by atoms with Crippen molar-refractivity contribution >= 4 is 28.9 Å². The molecule has 24 heavy (non-hydrogen) atoms. The molecule has 0 bridgehead atoms. The van der Waals surface area contributed by atoms with E-state index in [1.54, 1.807) is 0 Å². The minimum Gasteiger partial charge on any atom is -0.489 e. The molecule has 0 aliphatic heterocycles. The Hall–Kier alpha value is -2.16. The Kier molecular flexibility index (Phi) is 5.63. The average molecular weight is 358 g/mol. The van der Waals surface area contributed by atoms with E-state index in [4.69, 9.17) is 27.9 Å². The second kappa shape index (κ2) is 8.09. The number of benzene rings is 3. The summed E-state index contributed by atoms with van der Waals surface area (Å²) in [6, 6.07) is 23.3. The lowest BCUT2D eigenvalue weighted by Gasteiger charge is -2.13. The van der Waals surface area contributed by atoms with Gasteiger partial charge in [-0.15, -0.1) is 0 Å². The highest BCUT2D eigenvalue weighted by Gasteiger charge is 2.04. The summed E-state index contributed by atoms with van der Waals surface area (Å²) in [5.41, 5.74) is 3.15. The van der Waals surface area contributed by atoms with Crippen LogP contribution in [0.15, 0.2) is 72.8 Å². The smallest absolute Gasteiger partial charge is 0.124 e. The molecule has 0 atom stereocenters. The zero-order valence-corrected chi connectivity index (χ0v) is 14.5. The van der Waals surface area contributed by atoms with Gasteiger partial charge in [0, 0.05) is 27.8 Å². The van der Waals surface area contributed by atoms with Crippen molar-refractivity contribution in [2.45, 2.75) is 13.2 Å².